The standard InChI is InChI=1S/C41H34N2/c1-3-42-37-16-10-8-14-33(37)35-26-31(22-24-39(35)42)41(30-20-18-29(19-21-30)28-12-6-5-7-13-28)32-23-25-40-36(27-32)34-15-9-11-17-38(34)43(40)4-2/h5-27,41H,3-4H2,1-2H3. The summed E-state index contributed by atoms with van der Waals surface area (Å²) in [4.78, 5) is 0. The minimum atomic E-state index is 0.103. The SMILES string of the molecule is CCn1c2ccccc2c2cc(C(c3ccc(-c4ccccc4)cc3)c3ccc4c(c3)c3ccccc3n4CC)ccc21. The average Bonchev–Trinajstić information content (AvgIpc) is 3.57. The van der Waals surface area contributed by atoms with E-state index in [2.05, 4.69) is 163 Å². The molecule has 0 saturated heterocycles. The Labute approximate surface area is 252 Å². The summed E-state index contributed by atoms with van der Waals surface area (Å²) in [6.07, 6.45) is 0. The van der Waals surface area contributed by atoms with Gasteiger partial charge in [-0.15, -0.1) is 0 Å². The van der Waals surface area contributed by atoms with Crippen LogP contribution in [-0.4, -0.2) is 9.13 Å². The zero-order chi connectivity index (χ0) is 28.9. The van der Waals surface area contributed by atoms with Gasteiger partial charge >= 0.3 is 0 Å². The molecule has 43 heavy (non-hydrogen) atoms. The van der Waals surface area contributed by atoms with Crippen LogP contribution in [-0.2, 0) is 13.1 Å². The van der Waals surface area contributed by atoms with Crippen LogP contribution >= 0.6 is 0 Å². The highest BCUT2D eigenvalue weighted by molar-refractivity contribution is 6.09. The molecule has 0 spiro atoms. The zero-order valence-corrected chi connectivity index (χ0v) is 24.7. The van der Waals surface area contributed by atoms with Crippen molar-refractivity contribution in [3.05, 3.63) is 156 Å². The van der Waals surface area contributed by atoms with Crippen molar-refractivity contribution in [2.24, 2.45) is 0 Å². The van der Waals surface area contributed by atoms with Gasteiger partial charge in [0.15, 0.2) is 0 Å². The van der Waals surface area contributed by atoms with Crippen molar-refractivity contribution in [2.45, 2.75) is 32.9 Å². The van der Waals surface area contributed by atoms with E-state index in [-0.39, 0.29) is 5.92 Å². The van der Waals surface area contributed by atoms with Crippen LogP contribution in [0, 0.1) is 0 Å². The van der Waals surface area contributed by atoms with E-state index in [1.807, 2.05) is 0 Å². The molecule has 0 unspecified atom stereocenters. The van der Waals surface area contributed by atoms with E-state index in [9.17, 15) is 0 Å². The third kappa shape index (κ3) is 4.09. The topological polar surface area (TPSA) is 9.86 Å². The zero-order valence-electron chi connectivity index (χ0n) is 24.7. The summed E-state index contributed by atoms with van der Waals surface area (Å²) >= 11 is 0. The summed E-state index contributed by atoms with van der Waals surface area (Å²) in [5, 5.41) is 5.29. The van der Waals surface area contributed by atoms with Crippen LogP contribution in [0.2, 0.25) is 0 Å². The molecule has 2 nitrogen and oxygen atoms in total. The van der Waals surface area contributed by atoms with Gasteiger partial charge < -0.3 is 9.13 Å². The highest BCUT2D eigenvalue weighted by Crippen LogP contribution is 2.39. The van der Waals surface area contributed by atoms with Crippen LogP contribution in [0.1, 0.15) is 36.5 Å². The maximum absolute atomic E-state index is 2.44. The number of hydrogen-bond acceptors (Lipinski definition) is 0. The van der Waals surface area contributed by atoms with Gasteiger partial charge in [0.25, 0.3) is 0 Å². The summed E-state index contributed by atoms with van der Waals surface area (Å²) in [5.74, 6) is 0.103. The molecule has 0 saturated carbocycles. The number of nitrogens with zero attached hydrogens (tertiary/aromatic N) is 2. The molecule has 0 aliphatic carbocycles. The lowest BCUT2D eigenvalue weighted by molar-refractivity contribution is 0.826. The molecule has 8 rings (SSSR count). The summed E-state index contributed by atoms with van der Waals surface area (Å²) in [5.41, 5.74) is 11.6. The van der Waals surface area contributed by atoms with Crippen molar-refractivity contribution in [3.8, 4) is 11.1 Å². The molecule has 2 aromatic heterocycles. The Morgan fingerprint density at radius 1 is 0.395 bits per heavy atom. The van der Waals surface area contributed by atoms with Gasteiger partial charge in [-0.2, -0.15) is 0 Å². The van der Waals surface area contributed by atoms with Gasteiger partial charge in [-0.3, -0.25) is 0 Å². The Bertz CT molecular complexity index is 2130. The average molecular weight is 555 g/mol. The van der Waals surface area contributed by atoms with Gasteiger partial charge in [0.1, 0.15) is 0 Å². The molecule has 0 aliphatic heterocycles. The first-order valence-corrected chi connectivity index (χ1v) is 15.4. The largest absolute Gasteiger partial charge is 0.341 e. The van der Waals surface area contributed by atoms with Crippen molar-refractivity contribution < 1.29 is 0 Å². The van der Waals surface area contributed by atoms with E-state index in [1.165, 1.54) is 71.4 Å². The monoisotopic (exact) mass is 554 g/mol. The van der Waals surface area contributed by atoms with E-state index in [4.69, 9.17) is 0 Å². The quantitative estimate of drug-likeness (QED) is 0.181. The van der Waals surface area contributed by atoms with Crippen molar-refractivity contribution >= 4 is 43.6 Å². The van der Waals surface area contributed by atoms with E-state index in [0.29, 0.717) is 0 Å². The van der Waals surface area contributed by atoms with Gasteiger partial charge in [0.2, 0.25) is 0 Å². The Balaban J connectivity index is 1.35. The summed E-state index contributed by atoms with van der Waals surface area (Å²) in [7, 11) is 0. The summed E-state index contributed by atoms with van der Waals surface area (Å²) < 4.78 is 4.87. The van der Waals surface area contributed by atoms with Crippen molar-refractivity contribution in [1.82, 2.24) is 9.13 Å². The van der Waals surface area contributed by atoms with Gasteiger partial charge in [-0.25, -0.2) is 0 Å². The fourth-order valence-electron chi connectivity index (χ4n) is 7.26. The molecule has 0 fully saturated rings. The minimum Gasteiger partial charge on any atom is -0.341 e. The maximum atomic E-state index is 2.44. The lowest BCUT2D eigenvalue weighted by Gasteiger charge is -2.20. The fourth-order valence-corrected chi connectivity index (χ4v) is 7.26. The number of aryl methyl sites for hydroxylation is 2. The van der Waals surface area contributed by atoms with Crippen LogP contribution in [0.3, 0.4) is 0 Å². The molecule has 0 aliphatic rings. The molecular formula is C41H34N2. The number of benzene rings is 6. The molecule has 8 aromatic rings. The minimum absolute atomic E-state index is 0.103. The van der Waals surface area contributed by atoms with E-state index in [0.717, 1.165) is 13.1 Å². The van der Waals surface area contributed by atoms with Gasteiger partial charge in [-0.1, -0.05) is 103 Å². The molecule has 2 heteroatoms. The Morgan fingerprint density at radius 3 is 1.33 bits per heavy atom. The predicted octanol–water partition coefficient (Wildman–Crippen LogP) is 10.8. The molecule has 2 heterocycles. The first-order valence-electron chi connectivity index (χ1n) is 15.4. The molecular weight excluding hydrogens is 520 g/mol. The molecule has 0 radical (unpaired) electrons. The van der Waals surface area contributed by atoms with Crippen LogP contribution < -0.4 is 0 Å². The van der Waals surface area contributed by atoms with Crippen LogP contribution in [0.4, 0.5) is 0 Å². The summed E-state index contributed by atoms with van der Waals surface area (Å²) in [6.45, 7) is 6.37. The van der Waals surface area contributed by atoms with E-state index in [1.54, 1.807) is 0 Å². The second-order valence-corrected chi connectivity index (χ2v) is 11.5. The smallest absolute Gasteiger partial charge is 0.0491 e. The number of aromatic nitrogens is 2. The lowest BCUT2D eigenvalue weighted by Crippen LogP contribution is -2.04. The number of hydrogen-bond donors (Lipinski definition) is 0. The molecule has 0 bridgehead atoms. The highest BCUT2D eigenvalue weighted by Gasteiger charge is 2.21. The molecule has 0 atom stereocenters. The normalized spacial score (nSPS) is 11.9. The Morgan fingerprint density at radius 2 is 0.814 bits per heavy atom. The predicted molar refractivity (Wildman–Crippen MR) is 183 cm³/mol. The molecule has 0 amide bonds. The lowest BCUT2D eigenvalue weighted by atomic mass is 9.83. The second kappa shape index (κ2) is 10.3. The molecule has 208 valence electrons. The third-order valence-corrected chi connectivity index (χ3v) is 9.24. The van der Waals surface area contributed by atoms with Crippen LogP contribution in [0.5, 0.6) is 0 Å². The maximum Gasteiger partial charge on any atom is 0.0491 e. The number of rotatable bonds is 6. The van der Waals surface area contributed by atoms with Gasteiger partial charge in [0.05, 0.1) is 0 Å². The van der Waals surface area contributed by atoms with Crippen molar-refractivity contribution in [1.29, 1.82) is 0 Å². The van der Waals surface area contributed by atoms with E-state index < -0.39 is 0 Å². The van der Waals surface area contributed by atoms with Crippen molar-refractivity contribution in [3.63, 3.8) is 0 Å². The third-order valence-electron chi connectivity index (χ3n) is 9.24. The van der Waals surface area contributed by atoms with Gasteiger partial charge in [0, 0.05) is 62.6 Å². The van der Waals surface area contributed by atoms with Crippen molar-refractivity contribution in [2.75, 3.05) is 0 Å². The van der Waals surface area contributed by atoms with E-state index >= 15 is 0 Å². The summed E-state index contributed by atoms with van der Waals surface area (Å²) in [6, 6.07) is 51.8. The fraction of sp³-hybridized carbons (Fsp3) is 0.122. The first kappa shape index (κ1) is 25.6. The van der Waals surface area contributed by atoms with Crippen LogP contribution in [0.25, 0.3) is 54.7 Å². The van der Waals surface area contributed by atoms with Crippen LogP contribution in [0.15, 0.2) is 140 Å². The number of fused-ring (bicyclic) bond motifs is 6. The number of para-hydroxylation sites is 2. The molecule has 0 N–H and O–H groups in total. The Kier molecular flexibility index (Phi) is 6.15. The Hall–Kier alpha value is -5.08. The van der Waals surface area contributed by atoms with Gasteiger partial charge in [-0.05, 0) is 78.1 Å². The second-order valence-electron chi connectivity index (χ2n) is 11.5. The molecule has 6 aromatic carbocycles. The highest BCUT2D eigenvalue weighted by atomic mass is 15.0. The first-order chi connectivity index (χ1) is 21.2.